The third-order valence-corrected chi connectivity index (χ3v) is 9.41. The molecule has 2 aliphatic heterocycles. The summed E-state index contributed by atoms with van der Waals surface area (Å²) in [7, 11) is 0. The van der Waals surface area contributed by atoms with Crippen molar-refractivity contribution in [2.75, 3.05) is 13.1 Å². The molecule has 8 rings (SSSR count). The standard InChI is InChI=1S/C27H26N2O5/c30-19-6-4-14-10-20-27(33)11-17-16-5-3-15(25(31)32)9-18(16)28-22(17)24-26(27,21(14)23(19)34-24)7-8-29(20)12-13-1-2-13/h3-6,9,13,20,24,28,30,33H,1-2,7-8,10-12H2,(H,31,32)/t20-,24-,26-,27+/m0/s1. The van der Waals surface area contributed by atoms with Crippen LogP contribution < -0.4 is 4.74 Å². The van der Waals surface area contributed by atoms with Crippen LogP contribution in [0.15, 0.2) is 30.3 Å². The fraction of sp³-hybridized carbons (Fsp3) is 0.444. The molecule has 5 aliphatic rings. The second-order valence-electron chi connectivity index (χ2n) is 11.0. The predicted octanol–water partition coefficient (Wildman–Crippen LogP) is 3.27. The number of likely N-dealkylation sites (tertiary alicyclic amines) is 1. The lowest BCUT2D eigenvalue weighted by Gasteiger charge is -2.62. The van der Waals surface area contributed by atoms with Crippen LogP contribution >= 0.6 is 0 Å². The number of aromatic carboxylic acids is 1. The number of nitrogens with one attached hydrogen (secondary N) is 1. The van der Waals surface area contributed by atoms with Gasteiger partial charge in [0, 0.05) is 35.5 Å². The van der Waals surface area contributed by atoms with Gasteiger partial charge in [-0.15, -0.1) is 0 Å². The zero-order chi connectivity index (χ0) is 23.0. The van der Waals surface area contributed by atoms with Gasteiger partial charge >= 0.3 is 5.97 Å². The van der Waals surface area contributed by atoms with Gasteiger partial charge < -0.3 is 25.0 Å². The van der Waals surface area contributed by atoms with Crippen molar-refractivity contribution in [3.8, 4) is 11.5 Å². The highest BCUT2D eigenvalue weighted by Crippen LogP contribution is 2.69. The molecule has 1 saturated carbocycles. The minimum absolute atomic E-state index is 0.0210. The van der Waals surface area contributed by atoms with E-state index in [9.17, 15) is 20.1 Å². The highest BCUT2D eigenvalue weighted by molar-refractivity contribution is 5.95. The minimum Gasteiger partial charge on any atom is -0.504 e. The minimum atomic E-state index is -1.04. The van der Waals surface area contributed by atoms with E-state index in [4.69, 9.17) is 4.74 Å². The Hall–Kier alpha value is -3.03. The van der Waals surface area contributed by atoms with Gasteiger partial charge in [-0.25, -0.2) is 4.79 Å². The Morgan fingerprint density at radius 1 is 1.24 bits per heavy atom. The second-order valence-corrected chi connectivity index (χ2v) is 11.0. The number of ether oxygens (including phenoxy) is 1. The summed E-state index contributed by atoms with van der Waals surface area (Å²) in [5, 5.41) is 34.0. The van der Waals surface area contributed by atoms with Crippen LogP contribution in [-0.2, 0) is 18.3 Å². The number of hydrogen-bond acceptors (Lipinski definition) is 5. The lowest BCUT2D eigenvalue weighted by atomic mass is 9.49. The first-order valence-electron chi connectivity index (χ1n) is 12.3. The Morgan fingerprint density at radius 3 is 2.88 bits per heavy atom. The Labute approximate surface area is 196 Å². The molecule has 34 heavy (non-hydrogen) atoms. The molecule has 1 saturated heterocycles. The number of aromatic hydroxyl groups is 1. The van der Waals surface area contributed by atoms with E-state index in [-0.39, 0.29) is 17.4 Å². The third-order valence-electron chi connectivity index (χ3n) is 9.41. The summed E-state index contributed by atoms with van der Waals surface area (Å²) in [5.41, 5.74) is 3.36. The molecule has 0 unspecified atom stereocenters. The normalized spacial score (nSPS) is 32.9. The monoisotopic (exact) mass is 458 g/mol. The average Bonchev–Trinajstić information content (AvgIpc) is 3.45. The van der Waals surface area contributed by atoms with Gasteiger partial charge in [0.1, 0.15) is 0 Å². The lowest BCUT2D eigenvalue weighted by molar-refractivity contribution is -0.173. The van der Waals surface area contributed by atoms with E-state index in [1.165, 1.54) is 12.8 Å². The van der Waals surface area contributed by atoms with E-state index in [2.05, 4.69) is 9.88 Å². The number of phenols is 1. The van der Waals surface area contributed by atoms with Gasteiger partial charge in [0.25, 0.3) is 0 Å². The topological polar surface area (TPSA) is 106 Å². The Balaban J connectivity index is 1.39. The number of carboxylic acids is 1. The fourth-order valence-electron chi connectivity index (χ4n) is 7.76. The molecule has 7 nitrogen and oxygen atoms in total. The van der Waals surface area contributed by atoms with Crippen molar-refractivity contribution < 1.29 is 24.9 Å². The number of hydrogen-bond donors (Lipinski definition) is 4. The average molecular weight is 459 g/mol. The van der Waals surface area contributed by atoms with Crippen molar-refractivity contribution in [1.82, 2.24) is 9.88 Å². The fourth-order valence-corrected chi connectivity index (χ4v) is 7.76. The number of aromatic amines is 1. The molecule has 2 aromatic carbocycles. The zero-order valence-electron chi connectivity index (χ0n) is 18.7. The first kappa shape index (κ1) is 19.3. The van der Waals surface area contributed by atoms with Crippen molar-refractivity contribution in [3.63, 3.8) is 0 Å². The van der Waals surface area contributed by atoms with Crippen LogP contribution in [0.1, 0.15) is 58.1 Å². The number of carboxylic acid groups (broad SMARTS) is 1. The van der Waals surface area contributed by atoms with Crippen molar-refractivity contribution in [2.24, 2.45) is 5.92 Å². The maximum atomic E-state index is 12.8. The van der Waals surface area contributed by atoms with Crippen molar-refractivity contribution in [3.05, 3.63) is 58.3 Å². The van der Waals surface area contributed by atoms with E-state index >= 15 is 0 Å². The molecule has 0 radical (unpaired) electrons. The Bertz CT molecular complexity index is 1420. The molecular weight excluding hydrogens is 432 g/mol. The number of phenolic OH excluding ortho intramolecular Hbond substituents is 1. The quantitative estimate of drug-likeness (QED) is 0.480. The Kier molecular flexibility index (Phi) is 3.38. The molecule has 1 aromatic heterocycles. The summed E-state index contributed by atoms with van der Waals surface area (Å²) in [4.78, 5) is 17.6. The Morgan fingerprint density at radius 2 is 2.09 bits per heavy atom. The van der Waals surface area contributed by atoms with Crippen LogP contribution in [0.25, 0.3) is 10.9 Å². The van der Waals surface area contributed by atoms with Gasteiger partial charge in [-0.05, 0) is 67.5 Å². The van der Waals surface area contributed by atoms with Crippen LogP contribution in [0, 0.1) is 5.92 Å². The van der Waals surface area contributed by atoms with Gasteiger partial charge in [-0.2, -0.15) is 0 Å². The summed E-state index contributed by atoms with van der Waals surface area (Å²) in [6.07, 6.45) is 4.07. The van der Waals surface area contributed by atoms with Crippen LogP contribution in [0.4, 0.5) is 0 Å². The summed E-state index contributed by atoms with van der Waals surface area (Å²) >= 11 is 0. The van der Waals surface area contributed by atoms with Crippen molar-refractivity contribution in [1.29, 1.82) is 0 Å². The first-order valence-corrected chi connectivity index (χ1v) is 12.3. The first-order chi connectivity index (χ1) is 16.4. The molecule has 2 fully saturated rings. The van der Waals surface area contributed by atoms with Gasteiger partial charge in [-0.1, -0.05) is 12.1 Å². The number of benzene rings is 2. The van der Waals surface area contributed by atoms with Crippen LogP contribution in [0.5, 0.6) is 11.5 Å². The highest BCUT2D eigenvalue weighted by atomic mass is 16.5. The molecule has 3 heterocycles. The van der Waals surface area contributed by atoms with Crippen molar-refractivity contribution in [2.45, 2.75) is 55.3 Å². The molecule has 3 aromatic rings. The van der Waals surface area contributed by atoms with Gasteiger partial charge in [-0.3, -0.25) is 4.90 Å². The van der Waals surface area contributed by atoms with Gasteiger partial charge in [0.15, 0.2) is 17.6 Å². The molecule has 7 heteroatoms. The van der Waals surface area contributed by atoms with Gasteiger partial charge in [0.05, 0.1) is 22.3 Å². The molecule has 174 valence electrons. The lowest BCUT2D eigenvalue weighted by Crippen LogP contribution is -2.74. The molecule has 2 bridgehead atoms. The van der Waals surface area contributed by atoms with E-state index in [1.54, 1.807) is 18.2 Å². The largest absolute Gasteiger partial charge is 0.504 e. The number of nitrogens with zero attached hydrogens (tertiary/aromatic N) is 1. The number of piperidine rings is 1. The number of carbonyl (C=O) groups is 1. The molecule has 1 spiro atoms. The third kappa shape index (κ3) is 2.10. The predicted molar refractivity (Wildman–Crippen MR) is 123 cm³/mol. The SMILES string of the molecule is O=C(O)c1ccc2c3c([nH]c2c1)[C@@H]1Oc2c(O)ccc4c2[C@@]12CCN(CC1CC1)[C@@H](C4)[C@]2(O)C3. The van der Waals surface area contributed by atoms with Crippen LogP contribution in [0.2, 0.25) is 0 Å². The smallest absolute Gasteiger partial charge is 0.335 e. The maximum Gasteiger partial charge on any atom is 0.335 e. The molecular formula is C27H26N2O5. The number of fused-ring (bicyclic) bond motifs is 4. The van der Waals surface area contributed by atoms with Crippen LogP contribution in [0.3, 0.4) is 0 Å². The summed E-state index contributed by atoms with van der Waals surface area (Å²) < 4.78 is 6.56. The molecule has 0 amide bonds. The number of H-pyrrole nitrogens is 1. The molecule has 3 aliphatic carbocycles. The van der Waals surface area contributed by atoms with E-state index < -0.39 is 23.1 Å². The van der Waals surface area contributed by atoms with E-state index in [0.717, 1.165) is 65.1 Å². The zero-order valence-corrected chi connectivity index (χ0v) is 18.7. The molecule has 4 N–H and O–H groups in total. The number of rotatable bonds is 3. The number of aliphatic hydroxyl groups is 1. The van der Waals surface area contributed by atoms with Crippen LogP contribution in [-0.4, -0.2) is 55.9 Å². The van der Waals surface area contributed by atoms with E-state index in [0.29, 0.717) is 12.2 Å². The summed E-state index contributed by atoms with van der Waals surface area (Å²) in [6, 6.07) is 8.85. The van der Waals surface area contributed by atoms with Gasteiger partial charge in [0.2, 0.25) is 0 Å². The van der Waals surface area contributed by atoms with Crippen molar-refractivity contribution >= 4 is 16.9 Å². The maximum absolute atomic E-state index is 12.8. The second kappa shape index (κ2) is 5.96. The summed E-state index contributed by atoms with van der Waals surface area (Å²) in [5.74, 6) is 0.389. The van der Waals surface area contributed by atoms with E-state index in [1.807, 2.05) is 12.1 Å². The summed E-state index contributed by atoms with van der Waals surface area (Å²) in [6.45, 7) is 1.92. The number of aromatic nitrogens is 1. The highest BCUT2D eigenvalue weighted by Gasteiger charge is 2.72. The molecule has 4 atom stereocenters.